The molecule has 306 valence electrons. The molecule has 4 rings (SSSR count). The summed E-state index contributed by atoms with van der Waals surface area (Å²) >= 11 is 0. The molecule has 0 aromatic rings. The minimum Gasteiger partial charge on any atom is -0.462 e. The number of fused-ring (bicyclic) bond motifs is 2. The average molecular weight is 764 g/mol. The van der Waals surface area contributed by atoms with Gasteiger partial charge in [-0.1, -0.05) is 58.9 Å². The van der Waals surface area contributed by atoms with Gasteiger partial charge in [-0.3, -0.25) is 9.59 Å². The van der Waals surface area contributed by atoms with E-state index in [4.69, 9.17) is 34.2 Å². The summed E-state index contributed by atoms with van der Waals surface area (Å²) in [6.07, 6.45) is 3.12. The van der Waals surface area contributed by atoms with Crippen LogP contribution in [0.3, 0.4) is 0 Å². The highest BCUT2D eigenvalue weighted by Gasteiger charge is 2.59. The first kappa shape index (κ1) is 44.1. The number of allylic oxidation sites excluding steroid dienone is 1. The number of esters is 1. The lowest BCUT2D eigenvalue weighted by molar-refractivity contribution is -0.254. The molecule has 11 unspecified atom stereocenters. The van der Waals surface area contributed by atoms with Gasteiger partial charge in [0, 0.05) is 31.1 Å². The van der Waals surface area contributed by atoms with Crippen LogP contribution >= 0.6 is 0 Å². The van der Waals surface area contributed by atoms with Crippen molar-refractivity contribution >= 4 is 17.8 Å². The molecule has 13 heteroatoms. The molecule has 5 N–H and O–H groups in total. The number of carbonyl (C=O) groups is 3. The van der Waals surface area contributed by atoms with Crippen LogP contribution in [0.2, 0.25) is 0 Å². The third-order valence-corrected chi connectivity index (χ3v) is 11.8. The van der Waals surface area contributed by atoms with Gasteiger partial charge in [0.25, 0.3) is 0 Å². The van der Waals surface area contributed by atoms with Crippen LogP contribution < -0.4 is 5.73 Å². The summed E-state index contributed by atoms with van der Waals surface area (Å²) in [5, 5.41) is 33.9. The number of carbonyl (C=O) groups excluding carboxylic acids is 3. The highest BCUT2D eigenvalue weighted by atomic mass is 16.7. The van der Waals surface area contributed by atoms with E-state index in [-0.39, 0.29) is 43.0 Å². The van der Waals surface area contributed by atoms with E-state index < -0.39 is 84.3 Å². The highest BCUT2D eigenvalue weighted by Crippen LogP contribution is 2.45. The third-order valence-electron chi connectivity index (χ3n) is 11.8. The van der Waals surface area contributed by atoms with Crippen LogP contribution in [0.4, 0.5) is 4.79 Å². The van der Waals surface area contributed by atoms with Crippen molar-refractivity contribution in [2.75, 3.05) is 0 Å². The van der Waals surface area contributed by atoms with Crippen LogP contribution in [-0.4, -0.2) is 99.7 Å². The largest absolute Gasteiger partial charge is 0.462 e. The smallest absolute Gasteiger partial charge is 0.404 e. The summed E-state index contributed by atoms with van der Waals surface area (Å²) in [6.45, 7) is 16.9. The first-order valence-electron chi connectivity index (χ1n) is 19.7. The zero-order valence-corrected chi connectivity index (χ0v) is 33.6. The van der Waals surface area contributed by atoms with E-state index >= 15 is 0 Å². The minimum atomic E-state index is -1.77. The fourth-order valence-corrected chi connectivity index (χ4v) is 8.43. The molecule has 0 aromatic heterocycles. The van der Waals surface area contributed by atoms with E-state index in [0.29, 0.717) is 32.1 Å². The lowest BCUT2D eigenvalue weighted by Gasteiger charge is -2.38. The molecule has 0 radical (unpaired) electrons. The zero-order valence-electron chi connectivity index (χ0n) is 33.6. The van der Waals surface area contributed by atoms with Gasteiger partial charge in [0.05, 0.1) is 30.8 Å². The average Bonchev–Trinajstić information content (AvgIpc) is 3.81. The van der Waals surface area contributed by atoms with Crippen molar-refractivity contribution in [2.24, 2.45) is 29.4 Å². The van der Waals surface area contributed by atoms with Gasteiger partial charge in [-0.05, 0) is 76.4 Å². The molecule has 4 aliphatic rings. The van der Waals surface area contributed by atoms with E-state index in [1.54, 1.807) is 6.92 Å². The number of hydrogen-bond acceptors (Lipinski definition) is 12. The van der Waals surface area contributed by atoms with E-state index in [2.05, 4.69) is 6.08 Å². The van der Waals surface area contributed by atoms with Crippen LogP contribution in [0.1, 0.15) is 114 Å². The summed E-state index contributed by atoms with van der Waals surface area (Å²) in [5.74, 6) is -3.55. The molecule has 4 heterocycles. The van der Waals surface area contributed by atoms with Gasteiger partial charge in [0.1, 0.15) is 24.4 Å². The number of primary amides is 1. The molecule has 1 amide bonds. The number of Topliss-reactive ketones (excluding diaryl/α,β-unsaturated/α-hetero) is 1. The normalized spacial score (nSPS) is 42.4. The Balaban J connectivity index is 1.60. The van der Waals surface area contributed by atoms with E-state index in [0.717, 1.165) is 11.1 Å². The Morgan fingerprint density at radius 3 is 2.39 bits per heavy atom. The van der Waals surface area contributed by atoms with Crippen molar-refractivity contribution in [1.29, 1.82) is 0 Å². The fraction of sp³-hybridized carbons (Fsp3) is 0.780. The molecule has 0 aromatic carbocycles. The quantitative estimate of drug-likeness (QED) is 0.137. The second-order valence-corrected chi connectivity index (χ2v) is 16.5. The molecule has 4 aliphatic heterocycles. The SMILES string of the molecule is CCC(=O)C1(C)OC1C(C)CC(C)C1OC(=O)CC2(O)CC=C(C)C(O2)/C(C)=C/CCCC(O[C@H]2C[C@@H](OC(N)=O)[C@H](O)[C@@H](C)O2)/C=C/C(C)C(O)C1C. The Kier molecular flexibility index (Phi) is 15.1. The van der Waals surface area contributed by atoms with E-state index in [1.165, 1.54) is 0 Å². The second-order valence-electron chi connectivity index (χ2n) is 16.5. The van der Waals surface area contributed by atoms with Crippen molar-refractivity contribution in [2.45, 2.75) is 180 Å². The fourth-order valence-electron chi connectivity index (χ4n) is 8.43. The lowest BCUT2D eigenvalue weighted by atomic mass is 9.79. The summed E-state index contributed by atoms with van der Waals surface area (Å²) in [4.78, 5) is 37.8. The maximum atomic E-state index is 13.7. The molecular formula is C41H65NO12. The van der Waals surface area contributed by atoms with Gasteiger partial charge in [0.2, 0.25) is 0 Å². The van der Waals surface area contributed by atoms with Crippen molar-refractivity contribution in [1.82, 2.24) is 0 Å². The van der Waals surface area contributed by atoms with Crippen molar-refractivity contribution in [3.05, 3.63) is 35.5 Å². The number of cyclic esters (lactones) is 1. The molecular weight excluding hydrogens is 698 g/mol. The second kappa shape index (κ2) is 18.5. The first-order chi connectivity index (χ1) is 25.3. The molecule has 2 saturated heterocycles. The number of aliphatic hydroxyl groups is 3. The molecule has 2 fully saturated rings. The summed E-state index contributed by atoms with van der Waals surface area (Å²) in [6, 6.07) is 0. The van der Waals surface area contributed by atoms with Crippen molar-refractivity contribution in [3.8, 4) is 0 Å². The van der Waals surface area contributed by atoms with E-state index in [9.17, 15) is 29.7 Å². The number of aliphatic hydroxyl groups excluding tert-OH is 2. The number of ketones is 1. The number of ether oxygens (including phenoxy) is 6. The molecule has 13 nitrogen and oxygen atoms in total. The minimum absolute atomic E-state index is 0.0277. The van der Waals surface area contributed by atoms with Crippen LogP contribution in [0.25, 0.3) is 0 Å². The molecule has 54 heavy (non-hydrogen) atoms. The summed E-state index contributed by atoms with van der Waals surface area (Å²) in [5.41, 5.74) is 6.26. The van der Waals surface area contributed by atoms with Gasteiger partial charge >= 0.3 is 12.1 Å². The molecule has 0 aliphatic carbocycles. The molecule has 2 bridgehead atoms. The summed E-state index contributed by atoms with van der Waals surface area (Å²) in [7, 11) is 0. The third kappa shape index (κ3) is 11.0. The predicted octanol–water partition coefficient (Wildman–Crippen LogP) is 5.18. The molecule has 15 atom stereocenters. The Morgan fingerprint density at radius 2 is 1.72 bits per heavy atom. The molecule has 0 saturated carbocycles. The lowest BCUT2D eigenvalue weighted by Crippen LogP contribution is -2.50. The number of hydrogen-bond donors (Lipinski definition) is 4. The first-order valence-corrected chi connectivity index (χ1v) is 19.7. The predicted molar refractivity (Wildman–Crippen MR) is 200 cm³/mol. The Hall–Kier alpha value is -2.65. The Bertz CT molecular complexity index is 1410. The maximum Gasteiger partial charge on any atom is 0.404 e. The Morgan fingerprint density at radius 1 is 1.04 bits per heavy atom. The van der Waals surface area contributed by atoms with Crippen molar-refractivity contribution < 1.29 is 58.1 Å². The Labute approximate surface area is 320 Å². The highest BCUT2D eigenvalue weighted by molar-refractivity contribution is 5.89. The zero-order chi connectivity index (χ0) is 40.1. The summed E-state index contributed by atoms with van der Waals surface area (Å²) < 4.78 is 35.8. The number of rotatable bonds is 9. The van der Waals surface area contributed by atoms with Gasteiger partial charge < -0.3 is 49.5 Å². The topological polar surface area (TPSA) is 197 Å². The number of amides is 1. The monoisotopic (exact) mass is 763 g/mol. The van der Waals surface area contributed by atoms with Gasteiger partial charge in [0.15, 0.2) is 23.5 Å². The van der Waals surface area contributed by atoms with Crippen LogP contribution in [0.15, 0.2) is 35.5 Å². The van der Waals surface area contributed by atoms with Crippen LogP contribution in [0.5, 0.6) is 0 Å². The number of nitrogens with two attached hydrogens (primary N) is 1. The van der Waals surface area contributed by atoms with Gasteiger partial charge in [-0.25, -0.2) is 4.79 Å². The van der Waals surface area contributed by atoms with Crippen LogP contribution in [0, 0.1) is 23.7 Å². The van der Waals surface area contributed by atoms with E-state index in [1.807, 2.05) is 73.6 Å². The maximum absolute atomic E-state index is 13.7. The van der Waals surface area contributed by atoms with Gasteiger partial charge in [-0.15, -0.1) is 0 Å². The van der Waals surface area contributed by atoms with Crippen molar-refractivity contribution in [3.63, 3.8) is 0 Å². The number of epoxide rings is 1. The molecule has 0 spiro atoms. The van der Waals surface area contributed by atoms with Crippen LogP contribution in [-0.2, 0) is 38.0 Å². The van der Waals surface area contributed by atoms with Gasteiger partial charge in [-0.2, -0.15) is 0 Å². The standard InChI is InChI=1S/C41H65NO12/c1-10-31(43)40(9)38(54-40)26(6)19-25(5)37-27(7)34(45)22(2)15-16-29(50-33-20-30(51-39(42)47)35(46)28(8)49-33)14-12-11-13-23(3)36-24(4)17-18-41(48,53-36)21-32(44)52-37/h13,15-17,22,25-30,33-38,45-46,48H,10-12,14,18-21H2,1-9H3,(H2,42,47)/b16-15+,23-13+/t22?,25?,26?,27?,28-,29?,30-,33+,34?,35-,36?,37?,38?,40?,41?/m1/s1.